The molecular weight excluding hydrogens is 224 g/mol. The highest BCUT2D eigenvalue weighted by Crippen LogP contribution is 2.52. The summed E-state index contributed by atoms with van der Waals surface area (Å²) in [4.78, 5) is 15.1. The largest absolute Gasteiger partial charge is 0.322 e. The summed E-state index contributed by atoms with van der Waals surface area (Å²) >= 11 is 0. The van der Waals surface area contributed by atoms with E-state index in [0.717, 1.165) is 12.8 Å². The first-order valence-corrected chi connectivity index (χ1v) is 7.48. The Kier molecular flexibility index (Phi) is 2.58. The summed E-state index contributed by atoms with van der Waals surface area (Å²) in [5.74, 6) is 0.889. The van der Waals surface area contributed by atoms with Crippen LogP contribution in [0.3, 0.4) is 0 Å². The van der Waals surface area contributed by atoms with Gasteiger partial charge in [0.25, 0.3) is 0 Å². The van der Waals surface area contributed by atoms with Crippen molar-refractivity contribution in [2.75, 3.05) is 0 Å². The molecule has 3 rings (SSSR count). The van der Waals surface area contributed by atoms with Gasteiger partial charge < -0.3 is 4.90 Å². The highest BCUT2D eigenvalue weighted by molar-refractivity contribution is 5.90. The van der Waals surface area contributed by atoms with Crippen molar-refractivity contribution < 1.29 is 4.79 Å². The molecule has 2 saturated carbocycles. The maximum absolute atomic E-state index is 12.9. The highest BCUT2D eigenvalue weighted by Gasteiger charge is 2.61. The SMILES string of the molecule is CC(C)C1NC2(CCCC2)C(=O)N1C1CC1(C)C. The van der Waals surface area contributed by atoms with Crippen LogP contribution in [0, 0.1) is 11.3 Å². The van der Waals surface area contributed by atoms with Crippen LogP contribution in [-0.2, 0) is 4.79 Å². The molecule has 1 N–H and O–H groups in total. The van der Waals surface area contributed by atoms with Crippen LogP contribution in [0.2, 0.25) is 0 Å². The minimum absolute atomic E-state index is 0.201. The number of carbonyl (C=O) groups is 1. The predicted molar refractivity (Wildman–Crippen MR) is 72.0 cm³/mol. The van der Waals surface area contributed by atoms with Gasteiger partial charge in [-0.05, 0) is 30.6 Å². The summed E-state index contributed by atoms with van der Waals surface area (Å²) in [6.07, 6.45) is 5.90. The number of amides is 1. The Bertz CT molecular complexity index is 369. The smallest absolute Gasteiger partial charge is 0.244 e. The third-order valence-electron chi connectivity index (χ3n) is 5.25. The quantitative estimate of drug-likeness (QED) is 0.816. The van der Waals surface area contributed by atoms with Gasteiger partial charge >= 0.3 is 0 Å². The summed E-state index contributed by atoms with van der Waals surface area (Å²) in [6, 6.07) is 0.463. The van der Waals surface area contributed by atoms with Crippen LogP contribution in [0.4, 0.5) is 0 Å². The van der Waals surface area contributed by atoms with Gasteiger partial charge in [-0.15, -0.1) is 0 Å². The number of nitrogens with zero attached hydrogens (tertiary/aromatic N) is 1. The lowest BCUT2D eigenvalue weighted by Crippen LogP contribution is -2.45. The van der Waals surface area contributed by atoms with Gasteiger partial charge in [0, 0.05) is 6.04 Å². The molecule has 1 heterocycles. The zero-order valence-electron chi connectivity index (χ0n) is 12.1. The Morgan fingerprint density at radius 2 is 1.83 bits per heavy atom. The molecule has 0 bridgehead atoms. The molecule has 1 amide bonds. The van der Waals surface area contributed by atoms with Crippen molar-refractivity contribution in [3.8, 4) is 0 Å². The van der Waals surface area contributed by atoms with E-state index in [4.69, 9.17) is 0 Å². The van der Waals surface area contributed by atoms with Gasteiger partial charge in [-0.1, -0.05) is 40.5 Å². The van der Waals surface area contributed by atoms with Gasteiger partial charge in [0.1, 0.15) is 0 Å². The van der Waals surface area contributed by atoms with Gasteiger partial charge in [0.05, 0.1) is 11.7 Å². The molecule has 1 spiro atoms. The number of hydrogen-bond acceptors (Lipinski definition) is 2. The molecule has 102 valence electrons. The molecule has 2 atom stereocenters. The summed E-state index contributed by atoms with van der Waals surface area (Å²) in [5.41, 5.74) is 0.127. The van der Waals surface area contributed by atoms with Crippen LogP contribution >= 0.6 is 0 Å². The molecule has 0 aromatic heterocycles. The monoisotopic (exact) mass is 250 g/mol. The first-order chi connectivity index (χ1) is 8.37. The van der Waals surface area contributed by atoms with Gasteiger partial charge in [-0.25, -0.2) is 0 Å². The molecule has 3 fully saturated rings. The minimum Gasteiger partial charge on any atom is -0.322 e. The molecule has 3 heteroatoms. The second kappa shape index (κ2) is 3.72. The lowest BCUT2D eigenvalue weighted by Gasteiger charge is -2.28. The number of nitrogens with one attached hydrogen (secondary N) is 1. The molecule has 0 aromatic carbocycles. The van der Waals surface area contributed by atoms with E-state index in [1.807, 2.05) is 0 Å². The van der Waals surface area contributed by atoms with E-state index in [9.17, 15) is 4.79 Å². The van der Waals surface area contributed by atoms with Crippen molar-refractivity contribution in [3.05, 3.63) is 0 Å². The predicted octanol–water partition coefficient (Wildman–Crippen LogP) is 2.51. The minimum atomic E-state index is -0.201. The maximum atomic E-state index is 12.9. The summed E-state index contributed by atoms with van der Waals surface area (Å²) in [6.45, 7) is 9.01. The van der Waals surface area contributed by atoms with Crippen molar-refractivity contribution in [3.63, 3.8) is 0 Å². The molecule has 0 radical (unpaired) electrons. The fraction of sp³-hybridized carbons (Fsp3) is 0.933. The van der Waals surface area contributed by atoms with E-state index >= 15 is 0 Å². The average Bonchev–Trinajstić information content (AvgIpc) is 2.68. The van der Waals surface area contributed by atoms with Crippen LogP contribution < -0.4 is 5.32 Å². The van der Waals surface area contributed by atoms with Gasteiger partial charge in [0.2, 0.25) is 5.91 Å². The maximum Gasteiger partial charge on any atom is 0.244 e. The third kappa shape index (κ3) is 1.63. The standard InChI is InChI=1S/C15H26N2O/c1-10(2)12-16-15(7-5-6-8-15)13(18)17(12)11-9-14(11,3)4/h10-12,16H,5-9H2,1-4H3. The first-order valence-electron chi connectivity index (χ1n) is 7.48. The lowest BCUT2D eigenvalue weighted by molar-refractivity contribution is -0.134. The Balaban J connectivity index is 1.88. The third-order valence-corrected chi connectivity index (χ3v) is 5.25. The van der Waals surface area contributed by atoms with E-state index in [1.54, 1.807) is 0 Å². The fourth-order valence-electron chi connectivity index (χ4n) is 3.86. The first kappa shape index (κ1) is 12.5. The Morgan fingerprint density at radius 3 is 2.28 bits per heavy atom. The number of carbonyl (C=O) groups excluding carboxylic acids is 1. The molecule has 3 nitrogen and oxygen atoms in total. The fourth-order valence-corrected chi connectivity index (χ4v) is 3.86. The van der Waals surface area contributed by atoms with E-state index in [2.05, 4.69) is 37.9 Å². The second-order valence-corrected chi connectivity index (χ2v) is 7.54. The molecule has 2 unspecified atom stereocenters. The summed E-state index contributed by atoms with van der Waals surface area (Å²) in [5, 5.41) is 3.70. The molecule has 1 saturated heterocycles. The normalized spacial score (nSPS) is 36.9. The van der Waals surface area contributed by atoms with Crippen molar-refractivity contribution in [2.24, 2.45) is 11.3 Å². The highest BCUT2D eigenvalue weighted by atomic mass is 16.2. The van der Waals surface area contributed by atoms with Gasteiger partial charge in [0.15, 0.2) is 0 Å². The van der Waals surface area contributed by atoms with Crippen molar-refractivity contribution >= 4 is 5.91 Å². The molecular formula is C15H26N2O. The summed E-state index contributed by atoms with van der Waals surface area (Å²) in [7, 11) is 0. The second-order valence-electron chi connectivity index (χ2n) is 7.54. The van der Waals surface area contributed by atoms with E-state index in [0.29, 0.717) is 23.3 Å². The zero-order chi connectivity index (χ0) is 13.1. The lowest BCUT2D eigenvalue weighted by atomic mass is 9.98. The molecule has 2 aliphatic carbocycles. The number of hydrogen-bond donors (Lipinski definition) is 1. The molecule has 3 aliphatic rings. The van der Waals surface area contributed by atoms with Crippen LogP contribution in [0.15, 0.2) is 0 Å². The average molecular weight is 250 g/mol. The van der Waals surface area contributed by atoms with E-state index in [1.165, 1.54) is 19.3 Å². The van der Waals surface area contributed by atoms with Crippen LogP contribution in [0.1, 0.15) is 59.8 Å². The summed E-state index contributed by atoms with van der Waals surface area (Å²) < 4.78 is 0. The topological polar surface area (TPSA) is 32.3 Å². The van der Waals surface area contributed by atoms with Crippen LogP contribution in [0.5, 0.6) is 0 Å². The van der Waals surface area contributed by atoms with Gasteiger partial charge in [-0.2, -0.15) is 0 Å². The van der Waals surface area contributed by atoms with E-state index < -0.39 is 0 Å². The Labute approximate surface area is 110 Å². The van der Waals surface area contributed by atoms with Crippen LogP contribution in [0.25, 0.3) is 0 Å². The van der Waals surface area contributed by atoms with Crippen molar-refractivity contribution in [1.29, 1.82) is 0 Å². The molecule has 18 heavy (non-hydrogen) atoms. The van der Waals surface area contributed by atoms with Crippen molar-refractivity contribution in [2.45, 2.75) is 77.5 Å². The van der Waals surface area contributed by atoms with Gasteiger partial charge in [-0.3, -0.25) is 10.1 Å². The molecule has 0 aromatic rings. The number of rotatable bonds is 2. The zero-order valence-corrected chi connectivity index (χ0v) is 12.1. The molecule has 1 aliphatic heterocycles. The van der Waals surface area contributed by atoms with E-state index in [-0.39, 0.29) is 11.7 Å². The van der Waals surface area contributed by atoms with Crippen molar-refractivity contribution in [1.82, 2.24) is 10.2 Å². The Morgan fingerprint density at radius 1 is 1.28 bits per heavy atom. The van der Waals surface area contributed by atoms with Crippen LogP contribution in [-0.4, -0.2) is 28.6 Å². The Hall–Kier alpha value is -0.570.